The average Bonchev–Trinajstić information content (AvgIpc) is 2.82. The van der Waals surface area contributed by atoms with Crippen LogP contribution in [0.4, 0.5) is 0 Å². The van der Waals surface area contributed by atoms with E-state index < -0.39 is 0 Å². The first kappa shape index (κ1) is 15.3. The molecule has 114 valence electrons. The van der Waals surface area contributed by atoms with Gasteiger partial charge in [-0.3, -0.25) is 9.59 Å². The van der Waals surface area contributed by atoms with Crippen molar-refractivity contribution < 1.29 is 9.59 Å². The lowest BCUT2D eigenvalue weighted by Crippen LogP contribution is -2.48. The minimum Gasteiger partial charge on any atom is -0.352 e. The van der Waals surface area contributed by atoms with Crippen LogP contribution in [0, 0.1) is 5.92 Å². The van der Waals surface area contributed by atoms with Crippen molar-refractivity contribution in [2.75, 3.05) is 19.6 Å². The van der Waals surface area contributed by atoms with E-state index in [9.17, 15) is 9.59 Å². The lowest BCUT2D eigenvalue weighted by molar-refractivity contribution is -0.130. The highest BCUT2D eigenvalue weighted by molar-refractivity contribution is 5.89. The smallest absolute Gasteiger partial charge is 0.225 e. The molecule has 0 spiro atoms. The second-order valence-electron chi connectivity index (χ2n) is 6.14. The number of rotatable bonds is 5. The van der Waals surface area contributed by atoms with Crippen LogP contribution >= 0.6 is 0 Å². The maximum absolute atomic E-state index is 12.3. The molecule has 2 heterocycles. The fourth-order valence-electron chi connectivity index (χ4n) is 3.20. The number of likely N-dealkylation sites (tertiary alicyclic amines) is 1. The SMILES string of the molecule is CCCC(C)N1CC(C(=O)NC2CCCNC2)CC1=O. The van der Waals surface area contributed by atoms with Gasteiger partial charge in [-0.2, -0.15) is 0 Å². The van der Waals surface area contributed by atoms with E-state index in [4.69, 9.17) is 0 Å². The standard InChI is InChI=1S/C15H27N3O2/c1-3-5-11(2)18-10-12(8-14(18)19)15(20)17-13-6-4-7-16-9-13/h11-13,16H,3-10H2,1-2H3,(H,17,20). The molecule has 2 aliphatic rings. The Morgan fingerprint density at radius 1 is 1.55 bits per heavy atom. The maximum atomic E-state index is 12.3. The summed E-state index contributed by atoms with van der Waals surface area (Å²) in [6.45, 7) is 6.68. The Morgan fingerprint density at radius 3 is 3.00 bits per heavy atom. The van der Waals surface area contributed by atoms with Crippen LogP contribution in [0.25, 0.3) is 0 Å². The molecule has 0 bridgehead atoms. The lowest BCUT2D eigenvalue weighted by atomic mass is 10.0. The first-order valence-electron chi connectivity index (χ1n) is 7.92. The molecule has 2 fully saturated rings. The molecule has 0 saturated carbocycles. The van der Waals surface area contributed by atoms with Crippen LogP contribution in [-0.2, 0) is 9.59 Å². The monoisotopic (exact) mass is 281 g/mol. The van der Waals surface area contributed by atoms with Crippen LogP contribution in [0.2, 0.25) is 0 Å². The van der Waals surface area contributed by atoms with Crippen LogP contribution < -0.4 is 10.6 Å². The first-order valence-corrected chi connectivity index (χ1v) is 7.92. The Labute approximate surface area is 121 Å². The summed E-state index contributed by atoms with van der Waals surface area (Å²) < 4.78 is 0. The number of piperidine rings is 1. The molecule has 2 saturated heterocycles. The van der Waals surface area contributed by atoms with Gasteiger partial charge < -0.3 is 15.5 Å². The number of carbonyl (C=O) groups is 2. The van der Waals surface area contributed by atoms with E-state index in [1.165, 1.54) is 0 Å². The zero-order chi connectivity index (χ0) is 14.5. The van der Waals surface area contributed by atoms with Crippen molar-refractivity contribution in [3.05, 3.63) is 0 Å². The summed E-state index contributed by atoms with van der Waals surface area (Å²) in [5.41, 5.74) is 0. The van der Waals surface area contributed by atoms with E-state index >= 15 is 0 Å². The first-order chi connectivity index (χ1) is 9.61. The maximum Gasteiger partial charge on any atom is 0.225 e. The van der Waals surface area contributed by atoms with Gasteiger partial charge in [-0.1, -0.05) is 13.3 Å². The molecule has 0 aromatic heterocycles. The summed E-state index contributed by atoms with van der Waals surface area (Å²) >= 11 is 0. The third-order valence-electron chi connectivity index (χ3n) is 4.41. The molecule has 3 unspecified atom stereocenters. The highest BCUT2D eigenvalue weighted by Crippen LogP contribution is 2.22. The molecule has 0 aromatic rings. The fraction of sp³-hybridized carbons (Fsp3) is 0.867. The van der Waals surface area contributed by atoms with Gasteiger partial charge in [0.05, 0.1) is 5.92 Å². The number of hydrogen-bond donors (Lipinski definition) is 2. The topological polar surface area (TPSA) is 61.4 Å². The van der Waals surface area contributed by atoms with E-state index in [0.717, 1.165) is 38.8 Å². The Bertz CT molecular complexity index is 353. The number of nitrogens with one attached hydrogen (secondary N) is 2. The molecule has 20 heavy (non-hydrogen) atoms. The molecule has 0 aromatic carbocycles. The van der Waals surface area contributed by atoms with Crippen LogP contribution in [-0.4, -0.2) is 48.4 Å². The van der Waals surface area contributed by atoms with Crippen molar-refractivity contribution in [2.45, 2.75) is 58.0 Å². The van der Waals surface area contributed by atoms with Gasteiger partial charge in [0.1, 0.15) is 0 Å². The van der Waals surface area contributed by atoms with Gasteiger partial charge in [0.2, 0.25) is 11.8 Å². The molecule has 5 heteroatoms. The van der Waals surface area contributed by atoms with Crippen LogP contribution in [0.15, 0.2) is 0 Å². The number of carbonyl (C=O) groups excluding carboxylic acids is 2. The van der Waals surface area contributed by atoms with E-state index in [0.29, 0.717) is 13.0 Å². The Kier molecular flexibility index (Phi) is 5.40. The largest absolute Gasteiger partial charge is 0.352 e. The number of nitrogens with zero attached hydrogens (tertiary/aromatic N) is 1. The molecule has 0 aliphatic carbocycles. The minimum absolute atomic E-state index is 0.0539. The highest BCUT2D eigenvalue weighted by Gasteiger charge is 2.36. The summed E-state index contributed by atoms with van der Waals surface area (Å²) in [4.78, 5) is 26.2. The predicted molar refractivity (Wildman–Crippen MR) is 78.2 cm³/mol. The average molecular weight is 281 g/mol. The molecule has 2 N–H and O–H groups in total. The van der Waals surface area contributed by atoms with Gasteiger partial charge in [0.25, 0.3) is 0 Å². The van der Waals surface area contributed by atoms with Crippen LogP contribution in [0.1, 0.15) is 46.0 Å². The second kappa shape index (κ2) is 7.07. The van der Waals surface area contributed by atoms with Crippen molar-refractivity contribution in [2.24, 2.45) is 5.92 Å². The van der Waals surface area contributed by atoms with Gasteiger partial charge in [-0.25, -0.2) is 0 Å². The highest BCUT2D eigenvalue weighted by atomic mass is 16.2. The third kappa shape index (κ3) is 3.72. The summed E-state index contributed by atoms with van der Waals surface area (Å²) in [6, 6.07) is 0.482. The predicted octanol–water partition coefficient (Wildman–Crippen LogP) is 0.892. The van der Waals surface area contributed by atoms with Gasteiger partial charge in [0, 0.05) is 31.6 Å². The molecule has 2 aliphatic heterocycles. The number of hydrogen-bond acceptors (Lipinski definition) is 3. The summed E-state index contributed by atoms with van der Waals surface area (Å²) in [6.07, 6.45) is 4.59. The van der Waals surface area contributed by atoms with Crippen molar-refractivity contribution >= 4 is 11.8 Å². The fourth-order valence-corrected chi connectivity index (χ4v) is 3.20. The third-order valence-corrected chi connectivity index (χ3v) is 4.41. The van der Waals surface area contributed by atoms with Crippen LogP contribution in [0.5, 0.6) is 0 Å². The van der Waals surface area contributed by atoms with Gasteiger partial charge in [-0.15, -0.1) is 0 Å². The molecular weight excluding hydrogens is 254 g/mol. The van der Waals surface area contributed by atoms with Crippen molar-refractivity contribution in [1.29, 1.82) is 0 Å². The molecular formula is C15H27N3O2. The van der Waals surface area contributed by atoms with Gasteiger partial charge >= 0.3 is 0 Å². The Hall–Kier alpha value is -1.10. The van der Waals surface area contributed by atoms with E-state index in [1.54, 1.807) is 0 Å². The second-order valence-corrected chi connectivity index (χ2v) is 6.14. The quantitative estimate of drug-likeness (QED) is 0.787. The lowest BCUT2D eigenvalue weighted by Gasteiger charge is -2.26. The Balaban J connectivity index is 1.84. The molecule has 2 amide bonds. The summed E-state index contributed by atoms with van der Waals surface area (Å²) in [7, 11) is 0. The Morgan fingerprint density at radius 2 is 2.35 bits per heavy atom. The zero-order valence-corrected chi connectivity index (χ0v) is 12.7. The zero-order valence-electron chi connectivity index (χ0n) is 12.7. The van der Waals surface area contributed by atoms with Gasteiger partial charge in [0.15, 0.2) is 0 Å². The van der Waals surface area contributed by atoms with E-state index in [-0.39, 0.29) is 29.8 Å². The molecule has 2 rings (SSSR count). The minimum atomic E-state index is -0.163. The molecule has 0 radical (unpaired) electrons. The van der Waals surface area contributed by atoms with E-state index in [1.807, 2.05) is 4.90 Å². The molecule has 3 atom stereocenters. The van der Waals surface area contributed by atoms with E-state index in [2.05, 4.69) is 24.5 Å². The normalized spacial score (nSPS) is 28.5. The number of amides is 2. The van der Waals surface area contributed by atoms with Gasteiger partial charge in [-0.05, 0) is 32.7 Å². The summed E-state index contributed by atoms with van der Waals surface area (Å²) in [5, 5.41) is 6.38. The van der Waals surface area contributed by atoms with Crippen molar-refractivity contribution in [1.82, 2.24) is 15.5 Å². The summed E-state index contributed by atoms with van der Waals surface area (Å²) in [5.74, 6) is 0.0230. The van der Waals surface area contributed by atoms with Crippen molar-refractivity contribution in [3.8, 4) is 0 Å². The molecule has 5 nitrogen and oxygen atoms in total. The van der Waals surface area contributed by atoms with Crippen LogP contribution in [0.3, 0.4) is 0 Å². The van der Waals surface area contributed by atoms with Crippen molar-refractivity contribution in [3.63, 3.8) is 0 Å².